The molecule has 0 saturated carbocycles. The number of benzene rings is 2. The van der Waals surface area contributed by atoms with E-state index in [1.807, 2.05) is 18.2 Å². The van der Waals surface area contributed by atoms with Crippen LogP contribution in [0.5, 0.6) is 0 Å². The van der Waals surface area contributed by atoms with Crippen LogP contribution in [-0.2, 0) is 0 Å². The van der Waals surface area contributed by atoms with Gasteiger partial charge in [-0.05, 0) is 53.0 Å². The third-order valence-corrected chi connectivity index (χ3v) is 6.63. The monoisotopic (exact) mass is 445 g/mol. The van der Waals surface area contributed by atoms with Crippen molar-refractivity contribution >= 4 is 49.1 Å². The number of nitro groups is 1. The minimum Gasteiger partial charge on any atom is -0.338 e. The van der Waals surface area contributed by atoms with E-state index in [0.717, 1.165) is 28.1 Å². The van der Waals surface area contributed by atoms with Crippen LogP contribution in [0.25, 0.3) is 10.2 Å². The van der Waals surface area contributed by atoms with Gasteiger partial charge in [-0.3, -0.25) is 14.9 Å². The molecule has 4 rings (SSSR count). The second kappa shape index (κ2) is 7.36. The molecule has 0 N–H and O–H groups in total. The summed E-state index contributed by atoms with van der Waals surface area (Å²) >= 11 is 4.84. The van der Waals surface area contributed by atoms with Crippen LogP contribution in [-0.4, -0.2) is 33.8 Å². The number of likely N-dealkylation sites (tertiary alicyclic amines) is 1. The molecule has 0 bridgehead atoms. The molecule has 1 unspecified atom stereocenters. The number of para-hydroxylation sites is 1. The second-order valence-electron chi connectivity index (χ2n) is 6.53. The van der Waals surface area contributed by atoms with Gasteiger partial charge in [0.25, 0.3) is 11.6 Å². The van der Waals surface area contributed by atoms with Crippen molar-refractivity contribution < 1.29 is 9.72 Å². The first-order valence-corrected chi connectivity index (χ1v) is 10.2. The summed E-state index contributed by atoms with van der Waals surface area (Å²) in [5.74, 6) is 0.0296. The van der Waals surface area contributed by atoms with Crippen molar-refractivity contribution in [1.29, 1.82) is 0 Å². The molecule has 0 radical (unpaired) electrons. The molecule has 3 aromatic rings. The fourth-order valence-corrected chi connectivity index (χ4v) is 4.88. The zero-order valence-corrected chi connectivity index (χ0v) is 16.7. The third kappa shape index (κ3) is 3.59. The van der Waals surface area contributed by atoms with Crippen molar-refractivity contribution in [2.75, 3.05) is 13.1 Å². The largest absolute Gasteiger partial charge is 0.338 e. The number of hydrogen-bond donors (Lipinski definition) is 0. The van der Waals surface area contributed by atoms with E-state index in [1.54, 1.807) is 28.4 Å². The quantitative estimate of drug-likeness (QED) is 0.420. The number of fused-ring (bicyclic) bond motifs is 1. The Hall–Kier alpha value is -2.32. The normalized spacial score (nSPS) is 17.2. The van der Waals surface area contributed by atoms with E-state index in [-0.39, 0.29) is 17.5 Å². The van der Waals surface area contributed by atoms with Crippen molar-refractivity contribution in [3.8, 4) is 0 Å². The number of piperidine rings is 1. The number of carbonyl (C=O) groups is 1. The van der Waals surface area contributed by atoms with Crippen LogP contribution in [0, 0.1) is 10.1 Å². The van der Waals surface area contributed by atoms with Gasteiger partial charge in [-0.15, -0.1) is 11.3 Å². The van der Waals surface area contributed by atoms with Gasteiger partial charge in [-0.25, -0.2) is 4.98 Å². The fraction of sp³-hybridized carbons (Fsp3) is 0.263. The van der Waals surface area contributed by atoms with Gasteiger partial charge in [0, 0.05) is 30.6 Å². The zero-order valence-electron chi connectivity index (χ0n) is 14.3. The number of nitrogens with zero attached hydrogens (tertiary/aromatic N) is 3. The summed E-state index contributed by atoms with van der Waals surface area (Å²) in [5.41, 5.74) is 1.24. The minimum atomic E-state index is -0.485. The summed E-state index contributed by atoms with van der Waals surface area (Å²) in [7, 11) is 0. The van der Waals surface area contributed by atoms with Crippen molar-refractivity contribution in [1.82, 2.24) is 9.88 Å². The molecule has 0 spiro atoms. The van der Waals surface area contributed by atoms with Gasteiger partial charge in [0.05, 0.1) is 24.6 Å². The summed E-state index contributed by atoms with van der Waals surface area (Å²) in [6, 6.07) is 12.6. The molecule has 2 heterocycles. The Kier molecular flexibility index (Phi) is 4.92. The molecule has 1 aliphatic rings. The highest BCUT2D eigenvalue weighted by Crippen LogP contribution is 2.34. The highest BCUT2D eigenvalue weighted by molar-refractivity contribution is 9.10. The Morgan fingerprint density at radius 1 is 1.30 bits per heavy atom. The van der Waals surface area contributed by atoms with E-state index in [2.05, 4.69) is 22.0 Å². The van der Waals surface area contributed by atoms with Crippen LogP contribution in [0.2, 0.25) is 0 Å². The second-order valence-corrected chi connectivity index (χ2v) is 8.45. The minimum absolute atomic E-state index is 0.0967. The lowest BCUT2D eigenvalue weighted by Crippen LogP contribution is -2.39. The van der Waals surface area contributed by atoms with Crippen molar-refractivity contribution in [2.24, 2.45) is 0 Å². The van der Waals surface area contributed by atoms with Crippen LogP contribution in [0.15, 0.2) is 46.9 Å². The molecule has 0 aliphatic carbocycles. The molecule has 6 nitrogen and oxygen atoms in total. The lowest BCUT2D eigenvalue weighted by Gasteiger charge is -2.31. The molecule has 1 aromatic heterocycles. The molecule has 27 heavy (non-hydrogen) atoms. The Morgan fingerprint density at radius 3 is 2.89 bits per heavy atom. The smallest absolute Gasteiger partial charge is 0.284 e. The van der Waals surface area contributed by atoms with E-state index in [4.69, 9.17) is 4.98 Å². The van der Waals surface area contributed by atoms with E-state index in [1.165, 1.54) is 6.07 Å². The Bertz CT molecular complexity index is 1000. The lowest BCUT2D eigenvalue weighted by atomic mass is 9.98. The van der Waals surface area contributed by atoms with Gasteiger partial charge >= 0.3 is 0 Å². The Balaban J connectivity index is 1.56. The number of amides is 1. The van der Waals surface area contributed by atoms with Crippen LogP contribution in [0.1, 0.15) is 34.1 Å². The first-order chi connectivity index (χ1) is 13.0. The van der Waals surface area contributed by atoms with Gasteiger partial charge in [-0.2, -0.15) is 0 Å². The highest BCUT2D eigenvalue weighted by atomic mass is 79.9. The molecule has 1 saturated heterocycles. The fourth-order valence-electron chi connectivity index (χ4n) is 3.40. The van der Waals surface area contributed by atoms with Crippen LogP contribution < -0.4 is 0 Å². The zero-order chi connectivity index (χ0) is 19.0. The number of aromatic nitrogens is 1. The van der Waals surface area contributed by atoms with Gasteiger partial charge in [-0.1, -0.05) is 12.1 Å². The number of halogens is 1. The summed E-state index contributed by atoms with van der Waals surface area (Å²) in [6.07, 6.45) is 1.88. The molecule has 1 fully saturated rings. The SMILES string of the molecule is O=C(c1ccc(Br)c([N+](=O)[O-])c1)N1CCCC(c2nc3ccccc3s2)C1. The molecule has 2 aromatic carbocycles. The lowest BCUT2D eigenvalue weighted by molar-refractivity contribution is -0.385. The third-order valence-electron chi connectivity index (χ3n) is 4.76. The number of carbonyl (C=O) groups excluding carboxylic acids is 1. The summed E-state index contributed by atoms with van der Waals surface area (Å²) in [6.45, 7) is 1.24. The average Bonchev–Trinajstić information content (AvgIpc) is 3.12. The molecule has 138 valence electrons. The summed E-state index contributed by atoms with van der Waals surface area (Å²) < 4.78 is 1.52. The maximum atomic E-state index is 12.9. The highest BCUT2D eigenvalue weighted by Gasteiger charge is 2.28. The number of rotatable bonds is 3. The Morgan fingerprint density at radius 2 is 2.11 bits per heavy atom. The Labute approximate surface area is 168 Å². The van der Waals surface area contributed by atoms with Crippen LogP contribution in [0.3, 0.4) is 0 Å². The molecule has 1 amide bonds. The van der Waals surface area contributed by atoms with Crippen molar-refractivity contribution in [3.05, 3.63) is 67.6 Å². The predicted molar refractivity (Wildman–Crippen MR) is 108 cm³/mol. The van der Waals surface area contributed by atoms with Crippen molar-refractivity contribution in [3.63, 3.8) is 0 Å². The predicted octanol–water partition coefficient (Wildman–Crippen LogP) is 4.99. The molecule has 8 heteroatoms. The molecular formula is C19H16BrN3O3S. The maximum absolute atomic E-state index is 12.9. The number of thiazole rings is 1. The van der Waals surface area contributed by atoms with Crippen LogP contribution >= 0.6 is 27.3 Å². The van der Waals surface area contributed by atoms with E-state index < -0.39 is 4.92 Å². The van der Waals surface area contributed by atoms with Gasteiger partial charge in [0.15, 0.2) is 0 Å². The van der Waals surface area contributed by atoms with Gasteiger partial charge in [0.1, 0.15) is 0 Å². The van der Waals surface area contributed by atoms with Gasteiger partial charge < -0.3 is 4.90 Å². The van der Waals surface area contributed by atoms with Gasteiger partial charge in [0.2, 0.25) is 0 Å². The molecule has 1 atom stereocenters. The van der Waals surface area contributed by atoms with Crippen molar-refractivity contribution in [2.45, 2.75) is 18.8 Å². The number of nitro benzene ring substituents is 1. The van der Waals surface area contributed by atoms with Crippen LogP contribution in [0.4, 0.5) is 5.69 Å². The first-order valence-electron chi connectivity index (χ1n) is 8.61. The van der Waals surface area contributed by atoms with E-state index in [0.29, 0.717) is 23.1 Å². The average molecular weight is 446 g/mol. The standard InChI is InChI=1S/C19H16BrN3O3S/c20-14-8-7-12(10-16(14)23(25)26)19(24)22-9-3-4-13(11-22)18-21-15-5-1-2-6-17(15)27-18/h1-2,5-8,10,13H,3-4,9,11H2. The molecule has 1 aliphatic heterocycles. The maximum Gasteiger partial charge on any atom is 0.284 e. The first kappa shape index (κ1) is 18.1. The topological polar surface area (TPSA) is 76.3 Å². The number of hydrogen-bond acceptors (Lipinski definition) is 5. The summed E-state index contributed by atoms with van der Waals surface area (Å²) in [4.78, 5) is 30.1. The van der Waals surface area contributed by atoms with E-state index in [9.17, 15) is 14.9 Å². The molecular weight excluding hydrogens is 430 g/mol. The van der Waals surface area contributed by atoms with E-state index >= 15 is 0 Å². The summed E-state index contributed by atoms with van der Waals surface area (Å²) in [5, 5.41) is 12.2.